The molecule has 0 radical (unpaired) electrons. The summed E-state index contributed by atoms with van der Waals surface area (Å²) >= 11 is 3.66. The molecule has 1 heterocycles. The van der Waals surface area contributed by atoms with Gasteiger partial charge in [-0.05, 0) is 49.2 Å². The fraction of sp³-hybridized carbons (Fsp3) is 0.312. The third kappa shape index (κ3) is 3.88. The van der Waals surface area contributed by atoms with Crippen molar-refractivity contribution in [2.45, 2.75) is 26.3 Å². The number of rotatable bonds is 5. The van der Waals surface area contributed by atoms with Gasteiger partial charge in [-0.15, -0.1) is 0 Å². The molecule has 1 atom stereocenters. The number of aryl methyl sites for hydroxylation is 1. The van der Waals surface area contributed by atoms with Crippen molar-refractivity contribution in [3.05, 3.63) is 63.9 Å². The van der Waals surface area contributed by atoms with Crippen LogP contribution in [0.4, 0.5) is 0 Å². The van der Waals surface area contributed by atoms with Gasteiger partial charge >= 0.3 is 0 Å². The number of hydrogen-bond donors (Lipinski definition) is 1. The first kappa shape index (κ1) is 14.2. The highest BCUT2D eigenvalue weighted by atomic mass is 79.9. The molecule has 3 heteroatoms. The highest BCUT2D eigenvalue weighted by Crippen LogP contribution is 2.27. The van der Waals surface area contributed by atoms with Crippen LogP contribution in [-0.4, -0.2) is 11.5 Å². The molecule has 0 aliphatic rings. The molecule has 0 aliphatic carbocycles. The van der Waals surface area contributed by atoms with E-state index in [0.717, 1.165) is 17.4 Å². The van der Waals surface area contributed by atoms with Crippen LogP contribution >= 0.6 is 15.9 Å². The van der Waals surface area contributed by atoms with Gasteiger partial charge in [-0.3, -0.25) is 4.98 Å². The lowest BCUT2D eigenvalue weighted by Gasteiger charge is -2.20. The van der Waals surface area contributed by atoms with Gasteiger partial charge in [0.2, 0.25) is 0 Å². The van der Waals surface area contributed by atoms with Crippen molar-refractivity contribution >= 4 is 15.9 Å². The molecule has 0 bridgehead atoms. The third-order valence-corrected chi connectivity index (χ3v) is 3.89. The van der Waals surface area contributed by atoms with Crippen LogP contribution in [-0.2, 0) is 6.42 Å². The maximum atomic E-state index is 4.07. The van der Waals surface area contributed by atoms with Crippen molar-refractivity contribution in [3.8, 4) is 0 Å². The van der Waals surface area contributed by atoms with E-state index in [-0.39, 0.29) is 0 Å². The maximum Gasteiger partial charge on any atom is 0.0372 e. The summed E-state index contributed by atoms with van der Waals surface area (Å²) in [6.07, 6.45) is 4.67. The Morgan fingerprint density at radius 1 is 1.21 bits per heavy atom. The summed E-state index contributed by atoms with van der Waals surface area (Å²) in [7, 11) is 0. The van der Waals surface area contributed by atoms with Gasteiger partial charge in [0, 0.05) is 22.9 Å². The Balaban J connectivity index is 2.27. The summed E-state index contributed by atoms with van der Waals surface area (Å²) in [6, 6.07) is 11.0. The zero-order valence-electron chi connectivity index (χ0n) is 11.4. The standard InChI is InChI=1S/C16H19BrN2/c1-3-19-16(11-13-6-8-18-9-7-13)14-10-12(2)4-5-15(14)17/h4-10,16,19H,3,11H2,1-2H3. The number of nitrogens with one attached hydrogen (secondary N) is 1. The minimum Gasteiger partial charge on any atom is -0.310 e. The second-order valence-electron chi connectivity index (χ2n) is 4.69. The van der Waals surface area contributed by atoms with Crippen LogP contribution in [0.3, 0.4) is 0 Å². The van der Waals surface area contributed by atoms with Gasteiger partial charge in [-0.1, -0.05) is 40.5 Å². The van der Waals surface area contributed by atoms with E-state index in [1.165, 1.54) is 16.7 Å². The Kier molecular flexibility index (Phi) is 5.11. The fourth-order valence-corrected chi connectivity index (χ4v) is 2.75. The SMILES string of the molecule is CCNC(Cc1ccncc1)c1cc(C)ccc1Br. The van der Waals surface area contributed by atoms with E-state index in [9.17, 15) is 0 Å². The van der Waals surface area contributed by atoms with Crippen LogP contribution in [0, 0.1) is 6.92 Å². The van der Waals surface area contributed by atoms with Gasteiger partial charge in [0.1, 0.15) is 0 Å². The average molecular weight is 319 g/mol. The quantitative estimate of drug-likeness (QED) is 0.899. The summed E-state index contributed by atoms with van der Waals surface area (Å²) in [5, 5.41) is 3.57. The molecule has 1 unspecified atom stereocenters. The molecule has 0 fully saturated rings. The van der Waals surface area contributed by atoms with Crippen LogP contribution in [0.1, 0.15) is 29.7 Å². The van der Waals surface area contributed by atoms with E-state index < -0.39 is 0 Å². The van der Waals surface area contributed by atoms with E-state index in [0.29, 0.717) is 6.04 Å². The fourth-order valence-electron chi connectivity index (χ4n) is 2.22. The highest BCUT2D eigenvalue weighted by Gasteiger charge is 2.14. The van der Waals surface area contributed by atoms with Crippen molar-refractivity contribution in [2.75, 3.05) is 6.54 Å². The molecule has 0 saturated carbocycles. The Morgan fingerprint density at radius 2 is 1.95 bits per heavy atom. The van der Waals surface area contributed by atoms with Crippen LogP contribution in [0.15, 0.2) is 47.2 Å². The van der Waals surface area contributed by atoms with E-state index in [1.54, 1.807) is 0 Å². The number of hydrogen-bond acceptors (Lipinski definition) is 2. The molecule has 19 heavy (non-hydrogen) atoms. The van der Waals surface area contributed by atoms with Gasteiger partial charge < -0.3 is 5.32 Å². The first-order valence-electron chi connectivity index (χ1n) is 6.59. The van der Waals surface area contributed by atoms with Crippen LogP contribution in [0.5, 0.6) is 0 Å². The summed E-state index contributed by atoms with van der Waals surface area (Å²) < 4.78 is 1.16. The van der Waals surface area contributed by atoms with Crippen LogP contribution < -0.4 is 5.32 Å². The molecule has 0 spiro atoms. The van der Waals surface area contributed by atoms with Crippen LogP contribution in [0.2, 0.25) is 0 Å². The summed E-state index contributed by atoms with van der Waals surface area (Å²) in [6.45, 7) is 5.23. The Morgan fingerprint density at radius 3 is 2.63 bits per heavy atom. The molecule has 0 saturated heterocycles. The molecule has 2 aromatic rings. The lowest BCUT2D eigenvalue weighted by Crippen LogP contribution is -2.23. The largest absolute Gasteiger partial charge is 0.310 e. The minimum atomic E-state index is 0.321. The molecule has 1 aromatic heterocycles. The van der Waals surface area contributed by atoms with Crippen LogP contribution in [0.25, 0.3) is 0 Å². The van der Waals surface area contributed by atoms with Crippen molar-refractivity contribution in [3.63, 3.8) is 0 Å². The Bertz CT molecular complexity index is 526. The van der Waals surface area contributed by atoms with E-state index >= 15 is 0 Å². The topological polar surface area (TPSA) is 24.9 Å². The molecule has 1 N–H and O–H groups in total. The molecule has 100 valence electrons. The van der Waals surface area contributed by atoms with Gasteiger partial charge in [-0.2, -0.15) is 0 Å². The Hall–Kier alpha value is -1.19. The number of halogens is 1. The average Bonchev–Trinajstić information content (AvgIpc) is 2.42. The zero-order valence-corrected chi connectivity index (χ0v) is 12.9. The molecule has 2 rings (SSSR count). The van der Waals surface area contributed by atoms with Gasteiger partial charge in [0.25, 0.3) is 0 Å². The first-order valence-corrected chi connectivity index (χ1v) is 7.38. The number of benzene rings is 1. The third-order valence-electron chi connectivity index (χ3n) is 3.17. The van der Waals surface area contributed by atoms with Crippen molar-refractivity contribution < 1.29 is 0 Å². The number of likely N-dealkylation sites (N-methyl/N-ethyl adjacent to an activating group) is 1. The monoisotopic (exact) mass is 318 g/mol. The van der Waals surface area contributed by atoms with Gasteiger partial charge in [0.05, 0.1) is 0 Å². The molecule has 1 aromatic carbocycles. The highest BCUT2D eigenvalue weighted by molar-refractivity contribution is 9.10. The molecule has 0 amide bonds. The van der Waals surface area contributed by atoms with Gasteiger partial charge in [-0.25, -0.2) is 0 Å². The number of pyridine rings is 1. The van der Waals surface area contributed by atoms with Crippen molar-refractivity contribution in [2.24, 2.45) is 0 Å². The number of aromatic nitrogens is 1. The maximum absolute atomic E-state index is 4.07. The second-order valence-corrected chi connectivity index (χ2v) is 5.55. The van der Waals surface area contributed by atoms with E-state index in [1.807, 2.05) is 12.4 Å². The molecular weight excluding hydrogens is 300 g/mol. The molecular formula is C16H19BrN2. The lowest BCUT2D eigenvalue weighted by atomic mass is 9.98. The van der Waals surface area contributed by atoms with Crippen molar-refractivity contribution in [1.82, 2.24) is 10.3 Å². The minimum absolute atomic E-state index is 0.321. The van der Waals surface area contributed by atoms with E-state index in [4.69, 9.17) is 0 Å². The molecule has 0 aliphatic heterocycles. The first-order chi connectivity index (χ1) is 9.20. The summed E-state index contributed by atoms with van der Waals surface area (Å²) in [5.41, 5.74) is 3.91. The van der Waals surface area contributed by atoms with Gasteiger partial charge in [0.15, 0.2) is 0 Å². The smallest absolute Gasteiger partial charge is 0.0372 e. The lowest BCUT2D eigenvalue weighted by molar-refractivity contribution is 0.547. The number of nitrogens with zero attached hydrogens (tertiary/aromatic N) is 1. The second kappa shape index (κ2) is 6.83. The van der Waals surface area contributed by atoms with E-state index in [2.05, 4.69) is 70.4 Å². The zero-order chi connectivity index (χ0) is 13.7. The predicted molar refractivity (Wildman–Crippen MR) is 83.2 cm³/mol. The summed E-state index contributed by atoms with van der Waals surface area (Å²) in [4.78, 5) is 4.07. The van der Waals surface area contributed by atoms with Crippen molar-refractivity contribution in [1.29, 1.82) is 0 Å². The molecule has 2 nitrogen and oxygen atoms in total. The predicted octanol–water partition coefficient (Wildman–Crippen LogP) is 4.05. The summed E-state index contributed by atoms with van der Waals surface area (Å²) in [5.74, 6) is 0. The normalized spacial score (nSPS) is 12.4. The Labute approximate surface area is 123 Å².